The molecule has 0 radical (unpaired) electrons. The van der Waals surface area contributed by atoms with Gasteiger partial charge in [0.15, 0.2) is 5.65 Å². The van der Waals surface area contributed by atoms with Gasteiger partial charge in [0.1, 0.15) is 50.2 Å². The predicted molar refractivity (Wildman–Crippen MR) is 157 cm³/mol. The van der Waals surface area contributed by atoms with Crippen LogP contribution in [0.2, 0.25) is 0 Å². The summed E-state index contributed by atoms with van der Waals surface area (Å²) in [6.45, 7) is 4.55. The molecule has 2 fully saturated rings. The number of nitrogens with zero attached hydrogens (tertiary/aromatic N) is 6. The van der Waals surface area contributed by atoms with E-state index in [4.69, 9.17) is 9.84 Å². The van der Waals surface area contributed by atoms with Crippen molar-refractivity contribution >= 4 is 28.2 Å². The second-order valence-electron chi connectivity index (χ2n) is 10.7. The van der Waals surface area contributed by atoms with Gasteiger partial charge in [0.25, 0.3) is 0 Å². The molecule has 13 heteroatoms. The second-order valence-corrected chi connectivity index (χ2v) is 10.7. The van der Waals surface area contributed by atoms with Crippen LogP contribution in [0.4, 0.5) is 30.4 Å². The largest absolute Gasteiger partial charge is 0.490 e. The summed E-state index contributed by atoms with van der Waals surface area (Å²) in [5, 5.41) is 20.4. The smallest absolute Gasteiger partial charge is 0.200 e. The highest BCUT2D eigenvalue weighted by molar-refractivity contribution is 5.91. The van der Waals surface area contributed by atoms with Crippen molar-refractivity contribution in [1.82, 2.24) is 25.1 Å². The van der Waals surface area contributed by atoms with Crippen LogP contribution in [-0.2, 0) is 0 Å². The Balaban J connectivity index is 1.35. The van der Waals surface area contributed by atoms with Gasteiger partial charge >= 0.3 is 0 Å². The minimum Gasteiger partial charge on any atom is -0.490 e. The fourth-order valence-electron chi connectivity index (χ4n) is 5.41. The van der Waals surface area contributed by atoms with Crippen molar-refractivity contribution in [2.24, 2.45) is 0 Å². The minimum atomic E-state index is -2.67. The first-order chi connectivity index (χ1) is 20.4. The van der Waals surface area contributed by atoms with Crippen LogP contribution in [-0.4, -0.2) is 115 Å². The number of hydrogen-bond donors (Lipinski definition) is 3. The van der Waals surface area contributed by atoms with Crippen molar-refractivity contribution in [3.63, 3.8) is 0 Å². The quantitative estimate of drug-likeness (QED) is 0.293. The molecule has 0 amide bonds. The maximum absolute atomic E-state index is 14.4. The van der Waals surface area contributed by atoms with E-state index in [1.807, 2.05) is 13.0 Å². The highest BCUT2D eigenvalue weighted by Crippen LogP contribution is 2.35. The first-order valence-corrected chi connectivity index (χ1v) is 14.3. The lowest BCUT2D eigenvalue weighted by molar-refractivity contribution is 0.0351. The summed E-state index contributed by atoms with van der Waals surface area (Å²) in [5.41, 5.74) is 1.15. The topological polar surface area (TPSA) is 106 Å². The number of rotatable bonds is 11. The summed E-state index contributed by atoms with van der Waals surface area (Å²) in [6, 6.07) is 3.59. The van der Waals surface area contributed by atoms with Gasteiger partial charge in [-0.25, -0.2) is 23.1 Å². The normalized spacial score (nSPS) is 16.1. The molecule has 4 heterocycles. The van der Waals surface area contributed by atoms with Crippen molar-refractivity contribution in [2.75, 3.05) is 94.0 Å². The van der Waals surface area contributed by atoms with Gasteiger partial charge in [-0.15, -0.1) is 0 Å². The van der Waals surface area contributed by atoms with E-state index in [0.29, 0.717) is 54.5 Å². The van der Waals surface area contributed by atoms with Gasteiger partial charge in [-0.2, -0.15) is 5.10 Å². The first kappa shape index (κ1) is 29.7. The molecule has 5 rings (SSSR count). The number of aromatic amines is 1. The molecule has 0 bridgehead atoms. The highest BCUT2D eigenvalue weighted by Gasteiger charge is 2.32. The van der Waals surface area contributed by atoms with E-state index in [2.05, 4.69) is 52.0 Å². The maximum Gasteiger partial charge on any atom is 0.200 e. The van der Waals surface area contributed by atoms with E-state index in [9.17, 15) is 13.2 Å². The predicted octanol–water partition coefficient (Wildman–Crippen LogP) is 2.87. The van der Waals surface area contributed by atoms with Crippen LogP contribution in [0.15, 0.2) is 18.5 Å². The third kappa shape index (κ3) is 6.65. The lowest BCUT2D eigenvalue weighted by Crippen LogP contribution is -2.47. The van der Waals surface area contributed by atoms with Crippen molar-refractivity contribution in [1.29, 1.82) is 0 Å². The van der Waals surface area contributed by atoms with Crippen molar-refractivity contribution in [2.45, 2.75) is 25.4 Å². The van der Waals surface area contributed by atoms with Gasteiger partial charge in [0.05, 0.1) is 5.39 Å². The maximum atomic E-state index is 14.4. The Morgan fingerprint density at radius 3 is 2.52 bits per heavy atom. The van der Waals surface area contributed by atoms with Crippen LogP contribution >= 0.6 is 0 Å². The minimum absolute atomic E-state index is 0.277. The van der Waals surface area contributed by atoms with E-state index in [0.717, 1.165) is 43.1 Å². The number of aliphatic hydroxyl groups is 1. The first-order valence-electron chi connectivity index (χ1n) is 14.3. The van der Waals surface area contributed by atoms with Gasteiger partial charge in [0.2, 0.25) is 5.67 Å². The monoisotopic (exact) mass is 586 g/mol. The third-order valence-corrected chi connectivity index (χ3v) is 7.82. The van der Waals surface area contributed by atoms with Gasteiger partial charge in [0, 0.05) is 62.8 Å². The standard InChI is InChI=1S/C29H37F3N8O2/c1-21-24(33-6-9-38-7-2-3-8-38)15-22(42-19-29(32,17-30)18-31)16-25(21)39-10-12-40(13-11-39)28-26-23(5-4-14-41)36-37-27(26)34-20-35-28/h15-16,20,33,41H,2-3,6-14,17-19H2,1H3,(H,34,35,36,37). The number of fused-ring (bicyclic) bond motifs is 1. The summed E-state index contributed by atoms with van der Waals surface area (Å²) in [6.07, 6.45) is 3.91. The van der Waals surface area contributed by atoms with E-state index in [-0.39, 0.29) is 6.61 Å². The number of halogens is 3. The Hall–Kier alpha value is -3.76. The molecule has 2 saturated heterocycles. The van der Waals surface area contributed by atoms with Crippen molar-refractivity contribution in [3.05, 3.63) is 29.7 Å². The Bertz CT molecular complexity index is 1410. The van der Waals surface area contributed by atoms with E-state index in [1.165, 1.54) is 19.2 Å². The number of piperazine rings is 1. The molecule has 0 spiro atoms. The van der Waals surface area contributed by atoms with E-state index < -0.39 is 25.6 Å². The highest BCUT2D eigenvalue weighted by atomic mass is 19.2. The van der Waals surface area contributed by atoms with Crippen molar-refractivity contribution < 1.29 is 23.0 Å². The SMILES string of the molecule is Cc1c(NCCN2CCCC2)cc(OCC(F)(CF)CF)cc1N1CCN(c2ncnc3[nH]nc(C#CCO)c23)CC1. The number of ether oxygens (including phenoxy) is 1. The second kappa shape index (κ2) is 13.5. The lowest BCUT2D eigenvalue weighted by atomic mass is 10.1. The molecule has 1 aromatic carbocycles. The molecule has 0 unspecified atom stereocenters. The fourth-order valence-corrected chi connectivity index (χ4v) is 5.41. The number of nitrogens with one attached hydrogen (secondary N) is 2. The van der Waals surface area contributed by atoms with E-state index >= 15 is 0 Å². The molecule has 0 atom stereocenters. The van der Waals surface area contributed by atoms with E-state index in [1.54, 1.807) is 6.07 Å². The number of H-pyrrole nitrogens is 1. The number of alkyl halides is 3. The Kier molecular flexibility index (Phi) is 9.54. The number of hydrogen-bond acceptors (Lipinski definition) is 9. The van der Waals surface area contributed by atoms with Crippen LogP contribution < -0.4 is 19.9 Å². The van der Waals surface area contributed by atoms with Gasteiger partial charge in [-0.3, -0.25) is 5.10 Å². The number of benzene rings is 1. The fraction of sp³-hybridized carbons (Fsp3) is 0.552. The average Bonchev–Trinajstić information content (AvgIpc) is 3.70. The molecule has 226 valence electrons. The number of likely N-dealkylation sites (tertiary alicyclic amines) is 1. The molecule has 2 aromatic heterocycles. The summed E-state index contributed by atoms with van der Waals surface area (Å²) in [4.78, 5) is 15.6. The Morgan fingerprint density at radius 1 is 1.07 bits per heavy atom. The van der Waals surface area contributed by atoms with Gasteiger partial charge < -0.3 is 29.9 Å². The molecule has 0 aliphatic carbocycles. The molecule has 3 N–H and O–H groups in total. The molecule has 10 nitrogen and oxygen atoms in total. The molecule has 2 aliphatic heterocycles. The Morgan fingerprint density at radius 2 is 1.81 bits per heavy atom. The van der Waals surface area contributed by atoms with Crippen LogP contribution in [0.3, 0.4) is 0 Å². The molecular formula is C29H37F3N8O2. The molecule has 0 saturated carbocycles. The summed E-state index contributed by atoms with van der Waals surface area (Å²) in [7, 11) is 0. The van der Waals surface area contributed by atoms with Crippen molar-refractivity contribution in [3.8, 4) is 17.6 Å². The molecule has 42 heavy (non-hydrogen) atoms. The van der Waals surface area contributed by atoms with Gasteiger partial charge in [-0.05, 0) is 44.3 Å². The average molecular weight is 587 g/mol. The Labute approximate surface area is 243 Å². The zero-order valence-electron chi connectivity index (χ0n) is 23.8. The van der Waals surface area contributed by atoms with Crippen LogP contribution in [0.25, 0.3) is 11.0 Å². The zero-order valence-corrected chi connectivity index (χ0v) is 23.8. The molecule has 2 aliphatic rings. The van der Waals surface area contributed by atoms with Crippen LogP contribution in [0.5, 0.6) is 5.75 Å². The number of anilines is 3. The summed E-state index contributed by atoms with van der Waals surface area (Å²) < 4.78 is 46.3. The molecule has 3 aromatic rings. The van der Waals surface area contributed by atoms with Crippen LogP contribution in [0.1, 0.15) is 24.1 Å². The molecular weight excluding hydrogens is 549 g/mol. The number of aliphatic hydroxyl groups excluding tert-OH is 1. The third-order valence-electron chi connectivity index (χ3n) is 7.82. The van der Waals surface area contributed by atoms with Crippen LogP contribution in [0, 0.1) is 18.8 Å². The lowest BCUT2D eigenvalue weighted by Gasteiger charge is -2.38. The zero-order chi connectivity index (χ0) is 29.5. The number of aromatic nitrogens is 4. The summed E-state index contributed by atoms with van der Waals surface area (Å²) in [5.74, 6) is 6.56. The summed E-state index contributed by atoms with van der Waals surface area (Å²) >= 11 is 0. The van der Waals surface area contributed by atoms with Gasteiger partial charge in [-0.1, -0.05) is 5.92 Å².